The summed E-state index contributed by atoms with van der Waals surface area (Å²) in [5.41, 5.74) is -0.176. The number of carbonyl (C=O) groups is 1. The average Bonchev–Trinajstić information content (AvgIpc) is 2.69. The second-order valence-electron chi connectivity index (χ2n) is 5.59. The number of amides is 1. The summed E-state index contributed by atoms with van der Waals surface area (Å²) in [5.74, 6) is -0.820. The van der Waals surface area contributed by atoms with E-state index in [1.807, 2.05) is 30.3 Å². The molecule has 0 aliphatic heterocycles. The van der Waals surface area contributed by atoms with E-state index in [-0.39, 0.29) is 5.56 Å². The molecule has 0 atom stereocenters. The Morgan fingerprint density at radius 1 is 0.889 bits per heavy atom. The van der Waals surface area contributed by atoms with Crippen LogP contribution in [0.4, 0.5) is 14.5 Å². The summed E-state index contributed by atoms with van der Waals surface area (Å²) in [7, 11) is 0. The SMILES string of the molecule is O=C(Nc1c(F)cccc1F)c1ccc(OCCSc2ccccc2)cc1. The maximum Gasteiger partial charge on any atom is 0.255 e. The van der Waals surface area contributed by atoms with Crippen LogP contribution in [0.25, 0.3) is 0 Å². The molecule has 0 fully saturated rings. The number of nitrogens with one attached hydrogen (secondary N) is 1. The highest BCUT2D eigenvalue weighted by Gasteiger charge is 2.13. The molecule has 27 heavy (non-hydrogen) atoms. The molecule has 138 valence electrons. The zero-order valence-corrected chi connectivity index (χ0v) is 15.1. The van der Waals surface area contributed by atoms with Crippen molar-refractivity contribution >= 4 is 23.4 Å². The molecule has 0 saturated carbocycles. The van der Waals surface area contributed by atoms with Crippen LogP contribution in [0, 0.1) is 11.6 Å². The van der Waals surface area contributed by atoms with Gasteiger partial charge in [0.25, 0.3) is 5.91 Å². The summed E-state index contributed by atoms with van der Waals surface area (Å²) in [6.45, 7) is 0.519. The molecule has 0 spiro atoms. The number of hydrogen-bond donors (Lipinski definition) is 1. The predicted octanol–water partition coefficient (Wildman–Crippen LogP) is 5.39. The third-order valence-corrected chi connectivity index (χ3v) is 4.66. The number of rotatable bonds is 7. The van der Waals surface area contributed by atoms with E-state index in [4.69, 9.17) is 4.74 Å². The fraction of sp³-hybridized carbons (Fsp3) is 0.0952. The van der Waals surface area contributed by atoms with Crippen molar-refractivity contribution in [2.24, 2.45) is 0 Å². The lowest BCUT2D eigenvalue weighted by atomic mass is 10.2. The van der Waals surface area contributed by atoms with Gasteiger partial charge in [0.15, 0.2) is 0 Å². The Morgan fingerprint density at radius 3 is 2.22 bits per heavy atom. The normalized spacial score (nSPS) is 10.4. The van der Waals surface area contributed by atoms with Gasteiger partial charge < -0.3 is 10.1 Å². The molecule has 3 aromatic carbocycles. The Bertz CT molecular complexity index is 882. The van der Waals surface area contributed by atoms with Crippen molar-refractivity contribution in [1.29, 1.82) is 0 Å². The van der Waals surface area contributed by atoms with Crippen LogP contribution in [0.3, 0.4) is 0 Å². The Kier molecular flexibility index (Phi) is 6.44. The molecule has 1 N–H and O–H groups in total. The van der Waals surface area contributed by atoms with E-state index in [1.165, 1.54) is 11.0 Å². The van der Waals surface area contributed by atoms with E-state index in [2.05, 4.69) is 5.32 Å². The molecule has 0 radical (unpaired) electrons. The molecular weight excluding hydrogens is 368 g/mol. The topological polar surface area (TPSA) is 38.3 Å². The second-order valence-corrected chi connectivity index (χ2v) is 6.75. The van der Waals surface area contributed by atoms with Gasteiger partial charge in [-0.2, -0.15) is 0 Å². The Balaban J connectivity index is 1.51. The molecule has 3 aromatic rings. The van der Waals surface area contributed by atoms with Gasteiger partial charge in [0.05, 0.1) is 6.61 Å². The van der Waals surface area contributed by atoms with Gasteiger partial charge in [-0.25, -0.2) is 8.78 Å². The summed E-state index contributed by atoms with van der Waals surface area (Å²) in [6, 6.07) is 19.8. The van der Waals surface area contributed by atoms with Gasteiger partial charge in [0, 0.05) is 16.2 Å². The lowest BCUT2D eigenvalue weighted by Crippen LogP contribution is -2.14. The van der Waals surface area contributed by atoms with Crippen molar-refractivity contribution in [3.05, 3.63) is 90.0 Å². The van der Waals surface area contributed by atoms with Crippen molar-refractivity contribution in [1.82, 2.24) is 0 Å². The van der Waals surface area contributed by atoms with Crippen molar-refractivity contribution in [2.45, 2.75) is 4.90 Å². The summed E-state index contributed by atoms with van der Waals surface area (Å²) < 4.78 is 32.9. The summed E-state index contributed by atoms with van der Waals surface area (Å²) in [6.07, 6.45) is 0. The quantitative estimate of drug-likeness (QED) is 0.438. The zero-order chi connectivity index (χ0) is 19.1. The number of hydrogen-bond acceptors (Lipinski definition) is 3. The Morgan fingerprint density at radius 2 is 1.56 bits per heavy atom. The van der Waals surface area contributed by atoms with Crippen LogP contribution < -0.4 is 10.1 Å². The van der Waals surface area contributed by atoms with E-state index in [9.17, 15) is 13.6 Å². The van der Waals surface area contributed by atoms with Crippen molar-refractivity contribution in [2.75, 3.05) is 17.7 Å². The van der Waals surface area contributed by atoms with E-state index in [1.54, 1.807) is 36.0 Å². The highest BCUT2D eigenvalue weighted by molar-refractivity contribution is 7.99. The molecule has 0 heterocycles. The first-order chi connectivity index (χ1) is 13.1. The van der Waals surface area contributed by atoms with Crippen LogP contribution in [-0.2, 0) is 0 Å². The smallest absolute Gasteiger partial charge is 0.255 e. The zero-order valence-electron chi connectivity index (χ0n) is 14.3. The second kappa shape index (κ2) is 9.19. The van der Waals surface area contributed by atoms with Crippen LogP contribution >= 0.6 is 11.8 Å². The average molecular weight is 385 g/mol. The van der Waals surface area contributed by atoms with E-state index in [0.717, 1.165) is 17.9 Å². The van der Waals surface area contributed by atoms with E-state index >= 15 is 0 Å². The molecule has 0 aliphatic carbocycles. The van der Waals surface area contributed by atoms with Gasteiger partial charge in [-0.1, -0.05) is 24.3 Å². The third-order valence-electron chi connectivity index (χ3n) is 3.68. The first-order valence-corrected chi connectivity index (χ1v) is 9.28. The van der Waals surface area contributed by atoms with Gasteiger partial charge in [-0.3, -0.25) is 4.79 Å². The minimum atomic E-state index is -0.820. The monoisotopic (exact) mass is 385 g/mol. The van der Waals surface area contributed by atoms with Crippen LogP contribution in [0.2, 0.25) is 0 Å². The van der Waals surface area contributed by atoms with Gasteiger partial charge in [0.2, 0.25) is 0 Å². The molecule has 1 amide bonds. The first-order valence-electron chi connectivity index (χ1n) is 8.29. The van der Waals surface area contributed by atoms with Crippen LogP contribution in [0.5, 0.6) is 5.75 Å². The van der Waals surface area contributed by atoms with Gasteiger partial charge in [-0.05, 0) is 48.5 Å². The Hall–Kier alpha value is -2.86. The molecule has 0 unspecified atom stereocenters. The number of anilines is 1. The van der Waals surface area contributed by atoms with Crippen molar-refractivity contribution < 1.29 is 18.3 Å². The fourth-order valence-electron chi connectivity index (χ4n) is 2.34. The molecule has 3 nitrogen and oxygen atoms in total. The number of ether oxygens (including phenoxy) is 1. The van der Waals surface area contributed by atoms with E-state index < -0.39 is 23.2 Å². The lowest BCUT2D eigenvalue weighted by molar-refractivity contribution is 0.102. The molecule has 0 aliphatic rings. The first kappa shape index (κ1) is 18.9. The largest absolute Gasteiger partial charge is 0.493 e. The third kappa shape index (κ3) is 5.31. The van der Waals surface area contributed by atoms with Crippen LogP contribution in [-0.4, -0.2) is 18.3 Å². The number of benzene rings is 3. The highest BCUT2D eigenvalue weighted by Crippen LogP contribution is 2.20. The standard InChI is InChI=1S/C21H17F2NO2S/c22-18-7-4-8-19(23)20(18)24-21(25)15-9-11-16(12-10-15)26-13-14-27-17-5-2-1-3-6-17/h1-12H,13-14H2,(H,24,25). The molecule has 6 heteroatoms. The minimum Gasteiger partial charge on any atom is -0.493 e. The number of thioether (sulfide) groups is 1. The highest BCUT2D eigenvalue weighted by atomic mass is 32.2. The molecule has 0 bridgehead atoms. The van der Waals surface area contributed by atoms with Gasteiger partial charge >= 0.3 is 0 Å². The van der Waals surface area contributed by atoms with Gasteiger partial charge in [-0.15, -0.1) is 11.8 Å². The predicted molar refractivity (Wildman–Crippen MR) is 103 cm³/mol. The van der Waals surface area contributed by atoms with Crippen LogP contribution in [0.1, 0.15) is 10.4 Å². The molecule has 3 rings (SSSR count). The maximum atomic E-state index is 13.6. The summed E-state index contributed by atoms with van der Waals surface area (Å²) in [5, 5.41) is 2.25. The van der Waals surface area contributed by atoms with Gasteiger partial charge in [0.1, 0.15) is 23.1 Å². The van der Waals surface area contributed by atoms with Crippen molar-refractivity contribution in [3.8, 4) is 5.75 Å². The Labute approximate surface area is 160 Å². The molecule has 0 saturated heterocycles. The minimum absolute atomic E-state index is 0.281. The van der Waals surface area contributed by atoms with Crippen molar-refractivity contribution in [3.63, 3.8) is 0 Å². The van der Waals surface area contributed by atoms with Crippen LogP contribution in [0.15, 0.2) is 77.7 Å². The summed E-state index contributed by atoms with van der Waals surface area (Å²) >= 11 is 1.69. The fourth-order valence-corrected chi connectivity index (χ4v) is 3.09. The summed E-state index contributed by atoms with van der Waals surface area (Å²) in [4.78, 5) is 13.3. The number of carbonyl (C=O) groups excluding carboxylic acids is 1. The molecule has 0 aromatic heterocycles. The lowest BCUT2D eigenvalue weighted by Gasteiger charge is -2.09. The maximum absolute atomic E-state index is 13.6. The number of halogens is 2. The molecular formula is C21H17F2NO2S. The van der Waals surface area contributed by atoms with E-state index in [0.29, 0.717) is 12.4 Å². The number of para-hydroxylation sites is 1.